The monoisotopic (exact) mass is 1980 g/mol. The van der Waals surface area contributed by atoms with Crippen molar-refractivity contribution in [3.8, 4) is 0 Å². The highest BCUT2D eigenvalue weighted by Crippen LogP contribution is 2.48. The quantitative estimate of drug-likeness (QED) is 0.0312. The molecule has 4 N–H and O–H groups in total. The number of nitrogens with zero attached hydrogens (tertiary/aromatic N) is 4. The molecule has 2 atom stereocenters. The zero-order valence-electron chi connectivity index (χ0n) is 65.1. The van der Waals surface area contributed by atoms with E-state index in [2.05, 4.69) is 25.0 Å². The van der Waals surface area contributed by atoms with Crippen molar-refractivity contribution in [3.05, 3.63) is 431 Å². The Morgan fingerprint density at radius 3 is 0.841 bits per heavy atom. The number of hydrogen-bond donors (Lipinski definition) is 4. The van der Waals surface area contributed by atoms with Gasteiger partial charge in [0.05, 0.1) is 96.7 Å². The van der Waals surface area contributed by atoms with Gasteiger partial charge in [-0.05, 0) is 85.0 Å². The van der Waals surface area contributed by atoms with Crippen LogP contribution < -0.4 is 16.0 Å². The van der Waals surface area contributed by atoms with E-state index >= 15 is 149 Å². The van der Waals surface area contributed by atoms with Crippen molar-refractivity contribution in [2.75, 3.05) is 0 Å². The molecule has 0 radical (unpaired) electrons. The molecule has 8 heterocycles. The van der Waals surface area contributed by atoms with Gasteiger partial charge >= 0.3 is 0 Å². The molecule has 0 fully saturated rings. The molecule has 5 aliphatic rings. The van der Waals surface area contributed by atoms with Gasteiger partial charge in [-0.1, -0.05) is 6.08 Å². The zero-order valence-corrected chi connectivity index (χ0v) is 65.1. The number of aliphatic imine (C=N–C) groups is 4. The van der Waals surface area contributed by atoms with Gasteiger partial charge in [0.1, 0.15) is 5.56 Å². The number of carbonyl (C=O) groups is 2. The van der Waals surface area contributed by atoms with Crippen molar-refractivity contribution < 1.29 is 185 Å². The van der Waals surface area contributed by atoms with Crippen LogP contribution in [0, 0.1) is 233 Å². The lowest BCUT2D eigenvalue weighted by molar-refractivity contribution is -0.115. The van der Waals surface area contributed by atoms with Gasteiger partial charge in [0.15, 0.2) is 186 Å². The number of halogens is 40. The van der Waals surface area contributed by atoms with Crippen LogP contribution >= 0.6 is 0 Å². The van der Waals surface area contributed by atoms with Crippen LogP contribution in [0.1, 0.15) is 78.0 Å². The maximum atomic E-state index is 16.9. The van der Waals surface area contributed by atoms with Gasteiger partial charge in [-0.3, -0.25) is 14.6 Å². The summed E-state index contributed by atoms with van der Waals surface area (Å²) in [5.41, 5.74) is -45.0. The molecule has 138 heavy (non-hydrogen) atoms. The molecule has 16 rings (SSSR count). The summed E-state index contributed by atoms with van der Waals surface area (Å²) in [6.45, 7) is 0. The largest absolute Gasteiger partial charge is 0.358 e. The van der Waals surface area contributed by atoms with E-state index < -0.39 is 413 Å². The summed E-state index contributed by atoms with van der Waals surface area (Å²) in [7, 11) is 0. The second-order valence-corrected chi connectivity index (χ2v) is 28.8. The number of carbonyl (C=O) groups excluding carboxylic acids is 2. The average Bonchev–Trinajstić information content (AvgIpc) is 1.57. The van der Waals surface area contributed by atoms with Crippen LogP contribution in [0.15, 0.2) is 140 Å². The first-order valence-electron chi connectivity index (χ1n) is 37.0. The maximum Gasteiger partial charge on any atom is 0.248 e. The Kier molecular flexibility index (Phi) is 24.0. The summed E-state index contributed by atoms with van der Waals surface area (Å²) < 4.78 is 627. The molecule has 11 aromatic rings. The smallest absolute Gasteiger partial charge is 0.248 e. The summed E-state index contributed by atoms with van der Waals surface area (Å²) in [5, 5.41) is -1.06. The minimum absolute atomic E-state index is 0.188. The van der Waals surface area contributed by atoms with Crippen LogP contribution in [-0.2, 0) is 4.79 Å². The predicted octanol–water partition coefficient (Wildman–Crippen LogP) is 21.8. The summed E-state index contributed by atoms with van der Waals surface area (Å²) in [4.78, 5) is 47.2. The number of allylic oxidation sites excluding steroid dienone is 10. The van der Waals surface area contributed by atoms with Crippen molar-refractivity contribution >= 4 is 68.0 Å². The lowest BCUT2D eigenvalue weighted by Crippen LogP contribution is -2.24. The number of aromatic nitrogens is 3. The van der Waals surface area contributed by atoms with Gasteiger partial charge in [-0.15, -0.1) is 0 Å². The van der Waals surface area contributed by atoms with Gasteiger partial charge in [-0.2, -0.15) is 0 Å². The first-order chi connectivity index (χ1) is 65.0. The van der Waals surface area contributed by atoms with Crippen molar-refractivity contribution in [2.45, 2.75) is 12.0 Å². The van der Waals surface area contributed by atoms with Gasteiger partial charge in [0.25, 0.3) is 0 Å². The molecule has 0 spiro atoms. The lowest BCUT2D eigenvalue weighted by atomic mass is 9.88. The molecule has 0 aliphatic carbocycles. The molecule has 50 heteroatoms. The van der Waals surface area contributed by atoms with Gasteiger partial charge in [0.2, 0.25) is 58.2 Å². The van der Waals surface area contributed by atoms with Gasteiger partial charge in [-0.25, -0.2) is 191 Å². The highest BCUT2D eigenvalue weighted by atomic mass is 19.2. The number of aromatic amines is 3. The SMILES string of the molecule is O=C1C=C/C(=C(/C2=NC(C(c3ccc(/C(=C4\C=CC(C(/c5c(F)c(F)c(F)c(F)c5F)=c5\cc/c(=C(C6=N/C(=C(C7=N/C(=C(\c8ccc(C(=O)c9c(F)c(F)c(F)c(F)c9F)[nH]8)c8c(F)c(F)c(F)c(F)c8F)C=C7)\c7c(F)c(F)c(F)c(F)c7F)C=C6)/c6c(F)c(F)c(F)c(F)c6F)[nH]5)=N4)c4c(F)c(F)c(F)c(F)c4F)[nH]3)c3c(F)c(F)c(F)c(F)c3F)C=C2)c2c(F)c(F)c(F)c(F)c2F)N1. The minimum atomic E-state index is -3.09. The zero-order chi connectivity index (χ0) is 101. The fourth-order valence-corrected chi connectivity index (χ4v) is 15.0. The summed E-state index contributed by atoms with van der Waals surface area (Å²) in [5.74, 6) is -124. The Labute approximate surface area is 733 Å². The van der Waals surface area contributed by atoms with Gasteiger partial charge < -0.3 is 20.3 Å². The minimum Gasteiger partial charge on any atom is -0.358 e. The Hall–Kier alpha value is -16.0. The fourth-order valence-electron chi connectivity index (χ4n) is 15.0. The number of benzene rings is 8. The standard InChI is InChI=1S/C88H22F40N8O2/c89-48-40(49(90)65(106)80(121)64(48)105)33(18-3-4-20(130-18)35(42-52(93)68(109)82(123)69(110)53(42)94)22-7-8-24(132-22)37(44-56(97)72(113)84(125)73(114)57(44)98)26-11-12-28(134-26)39(30-15-16-32(137)136-30)46-60(101)76(117)86(127)77(118)61(46)102)17-1-2-19(129-17)34(41-50(91)66(107)81(122)67(108)51(41)92)21-5-6-23(131-21)36(43-54(95)70(111)83(124)71(112)55(43)96)25-9-10-27(133-25)38(45-58(99)74(115)85(126)75(116)59(45)100)29-13-14-31(135-29)88(138)47-62(103)78(119)87(128)79(120)63(47)104/h1-16,26,37,129,132,135H,(H,136,137)/b33-17-,34-19-,35-20-,36-23-,38-27+,39-30+. The second-order valence-electron chi connectivity index (χ2n) is 28.8. The third-order valence-electron chi connectivity index (χ3n) is 21.2. The lowest BCUT2D eigenvalue weighted by Gasteiger charge is -2.22. The first-order valence-corrected chi connectivity index (χ1v) is 37.0. The number of H-pyrrole nitrogens is 3. The Morgan fingerprint density at radius 2 is 0.507 bits per heavy atom. The number of hydrogen-bond acceptors (Lipinski definition) is 6. The maximum absolute atomic E-state index is 16.9. The van der Waals surface area contributed by atoms with Crippen LogP contribution in [0.2, 0.25) is 0 Å². The topological polar surface area (TPSA) is 143 Å². The normalized spacial score (nSPS) is 16.7. The average molecular weight is 1980 g/mol. The molecule has 1 amide bonds. The van der Waals surface area contributed by atoms with Crippen LogP contribution in [0.5, 0.6) is 0 Å². The van der Waals surface area contributed by atoms with Gasteiger partial charge in [0, 0.05) is 72.9 Å². The van der Waals surface area contributed by atoms with E-state index in [1.807, 2.05) is 10.3 Å². The fraction of sp³-hybridized carbons (Fsp3) is 0.0227. The first kappa shape index (κ1) is 95.2. The molecule has 0 saturated carbocycles. The van der Waals surface area contributed by atoms with E-state index in [1.54, 1.807) is 4.98 Å². The molecule has 10 nitrogen and oxygen atoms in total. The molecule has 0 bridgehead atoms. The molecule has 2 unspecified atom stereocenters. The molecular formula is C88H22F40N8O2. The molecular weight excluding hydrogens is 1960 g/mol. The van der Waals surface area contributed by atoms with E-state index in [0.29, 0.717) is 42.5 Å². The van der Waals surface area contributed by atoms with Crippen LogP contribution in [-0.4, -0.2) is 55.5 Å². The third-order valence-corrected chi connectivity index (χ3v) is 21.2. The molecule has 0 saturated heterocycles. The van der Waals surface area contributed by atoms with E-state index in [-0.39, 0.29) is 54.7 Å². The highest BCUT2D eigenvalue weighted by Gasteiger charge is 2.45. The molecule has 706 valence electrons. The Morgan fingerprint density at radius 1 is 0.239 bits per heavy atom. The molecule has 3 aromatic heterocycles. The number of rotatable bonds is 17. The van der Waals surface area contributed by atoms with E-state index in [9.17, 15) is 35.9 Å². The highest BCUT2D eigenvalue weighted by molar-refractivity contribution is 6.36. The second kappa shape index (κ2) is 34.7. The van der Waals surface area contributed by atoms with Crippen molar-refractivity contribution in [1.82, 2.24) is 20.3 Å². The number of amides is 1. The van der Waals surface area contributed by atoms with E-state index in [1.165, 1.54) is 0 Å². The van der Waals surface area contributed by atoms with Crippen molar-refractivity contribution in [2.24, 2.45) is 20.0 Å². The third kappa shape index (κ3) is 14.7. The summed E-state index contributed by atoms with van der Waals surface area (Å²) >= 11 is 0. The Balaban J connectivity index is 0.944. The molecule has 5 aliphatic heterocycles. The van der Waals surface area contributed by atoms with Crippen molar-refractivity contribution in [1.29, 1.82) is 0 Å². The van der Waals surface area contributed by atoms with Crippen LogP contribution in [0.3, 0.4) is 0 Å². The van der Waals surface area contributed by atoms with Crippen LogP contribution in [0.25, 0.3) is 33.4 Å². The number of nitrogens with one attached hydrogen (secondary N) is 4. The Bertz CT molecular complexity index is 7850. The van der Waals surface area contributed by atoms with Crippen LogP contribution in [0.4, 0.5) is 176 Å². The molecule has 8 aromatic carbocycles. The number of ketones is 1. The summed E-state index contributed by atoms with van der Waals surface area (Å²) in [6, 6.07) is -0.812. The van der Waals surface area contributed by atoms with E-state index in [0.717, 1.165) is 0 Å². The van der Waals surface area contributed by atoms with E-state index in [4.69, 9.17) is 0 Å². The van der Waals surface area contributed by atoms with Crippen molar-refractivity contribution in [3.63, 3.8) is 0 Å². The predicted molar refractivity (Wildman–Crippen MR) is 395 cm³/mol. The summed E-state index contributed by atoms with van der Waals surface area (Å²) in [6.07, 6.45) is 3.47.